The van der Waals surface area contributed by atoms with E-state index in [0.717, 1.165) is 0 Å². The summed E-state index contributed by atoms with van der Waals surface area (Å²) in [6.07, 6.45) is 0. The van der Waals surface area contributed by atoms with E-state index in [0.29, 0.717) is 11.1 Å². The summed E-state index contributed by atoms with van der Waals surface area (Å²) < 4.78 is 9.75. The van der Waals surface area contributed by atoms with Crippen molar-refractivity contribution < 1.29 is 19.4 Å². The number of hydrogen-bond donors (Lipinski definition) is 2. The maximum absolute atomic E-state index is 11.5. The lowest BCUT2D eigenvalue weighted by molar-refractivity contribution is 0.241. The molecule has 0 aliphatic heterocycles. The van der Waals surface area contributed by atoms with Crippen LogP contribution in [0, 0.1) is 0 Å². The van der Waals surface area contributed by atoms with Crippen molar-refractivity contribution in [2.45, 2.75) is 6.61 Å². The Kier molecular flexibility index (Phi) is 2.54. The highest BCUT2D eigenvalue weighted by molar-refractivity contribution is 5.88. The number of fused-ring (bicyclic) bond motifs is 1. The number of benzene rings is 1. The van der Waals surface area contributed by atoms with Crippen LogP contribution in [0.2, 0.25) is 0 Å². The molecule has 1 heterocycles. The van der Waals surface area contributed by atoms with Gasteiger partial charge < -0.3 is 19.4 Å². The fourth-order valence-electron chi connectivity index (χ4n) is 1.53. The van der Waals surface area contributed by atoms with Gasteiger partial charge in [0.15, 0.2) is 0 Å². The van der Waals surface area contributed by atoms with Gasteiger partial charge in [0.05, 0.1) is 7.11 Å². The molecule has 0 fully saturated rings. The lowest BCUT2D eigenvalue weighted by Crippen LogP contribution is -2.02. The average molecular weight is 224 g/mol. The first-order valence-electron chi connectivity index (χ1n) is 4.60. The summed E-state index contributed by atoms with van der Waals surface area (Å²) in [5.41, 5.74) is -0.679. The molecule has 0 aliphatic rings. The minimum absolute atomic E-state index is 0.0815. The van der Waals surface area contributed by atoms with Crippen molar-refractivity contribution in [2.24, 2.45) is 0 Å². The lowest BCUT2D eigenvalue weighted by Gasteiger charge is -2.05. The third kappa shape index (κ3) is 1.61. The van der Waals surface area contributed by atoms with Crippen molar-refractivity contribution in [3.05, 3.63) is 34.4 Å². The quantitative estimate of drug-likeness (QED) is 0.795. The molecule has 0 spiro atoms. The number of phenolic OH excluding ortho intramolecular Hbond substituents is 1. The summed E-state index contributed by atoms with van der Waals surface area (Å²) in [5.74, 6) is 0.372. The van der Waals surface area contributed by atoms with Crippen LogP contribution in [-0.2, 0) is 6.61 Å². The molecule has 2 aromatic rings. The van der Waals surface area contributed by atoms with Gasteiger partial charge >= 0.3 is 5.63 Å². The fourth-order valence-corrected chi connectivity index (χ4v) is 1.53. The standard InChI is InChI=1S/C11H10O5/c1-15-7-2-6-3-8(5-12)16-11(14)10(6)9(13)4-7/h2-4,12-13H,5H2,1H3/i1+2. The maximum Gasteiger partial charge on any atom is 0.347 e. The van der Waals surface area contributed by atoms with Crippen molar-refractivity contribution in [2.75, 3.05) is 7.11 Å². The Morgan fingerprint density at radius 3 is 2.75 bits per heavy atom. The molecule has 0 bridgehead atoms. The molecule has 0 amide bonds. The van der Waals surface area contributed by atoms with Crippen LogP contribution in [0.4, 0.5) is 0 Å². The molecule has 1 aromatic carbocycles. The zero-order valence-electron chi connectivity index (χ0n) is 8.56. The Balaban J connectivity index is 2.84. The molecule has 0 saturated carbocycles. The van der Waals surface area contributed by atoms with Gasteiger partial charge in [-0.05, 0) is 17.5 Å². The first-order chi connectivity index (χ1) is 7.65. The smallest absolute Gasteiger partial charge is 0.347 e. The number of hydrogen-bond acceptors (Lipinski definition) is 5. The second-order valence-electron chi connectivity index (χ2n) is 3.27. The van der Waals surface area contributed by atoms with E-state index in [-0.39, 0.29) is 23.5 Å². The molecule has 5 nitrogen and oxygen atoms in total. The number of methoxy groups -OCH3 is 1. The van der Waals surface area contributed by atoms with E-state index < -0.39 is 5.63 Å². The average Bonchev–Trinajstić information content (AvgIpc) is 2.27. The molecule has 0 saturated heterocycles. The van der Waals surface area contributed by atoms with Gasteiger partial charge in [0.1, 0.15) is 29.3 Å². The van der Waals surface area contributed by atoms with Crippen molar-refractivity contribution in [1.29, 1.82) is 0 Å². The summed E-state index contributed by atoms with van der Waals surface area (Å²) in [7, 11) is 1.46. The van der Waals surface area contributed by atoms with E-state index in [9.17, 15) is 9.90 Å². The summed E-state index contributed by atoms with van der Waals surface area (Å²) in [6, 6.07) is 4.40. The highest BCUT2D eigenvalue weighted by Crippen LogP contribution is 2.28. The number of phenols is 1. The Morgan fingerprint density at radius 1 is 1.38 bits per heavy atom. The van der Waals surface area contributed by atoms with Crippen LogP contribution in [0.15, 0.2) is 27.4 Å². The highest BCUT2D eigenvalue weighted by atomic mass is 16.6. The first-order valence-corrected chi connectivity index (χ1v) is 4.60. The van der Waals surface area contributed by atoms with Crippen molar-refractivity contribution in [3.63, 3.8) is 0 Å². The molecule has 0 aliphatic carbocycles. The van der Waals surface area contributed by atoms with Crippen LogP contribution in [-0.4, -0.2) is 17.3 Å². The highest BCUT2D eigenvalue weighted by Gasteiger charge is 2.10. The molecule has 0 radical (unpaired) electrons. The number of aliphatic hydroxyl groups excluding tert-OH is 1. The summed E-state index contributed by atoms with van der Waals surface area (Å²) >= 11 is 0. The molecule has 0 atom stereocenters. The molecular formula is C11H10O5. The molecule has 5 heteroatoms. The zero-order chi connectivity index (χ0) is 11.7. The normalized spacial score (nSPS) is 10.6. The SMILES string of the molecule is [14CH3]Oc1cc(O)c2c(=O)oc(CO)cc2c1. The minimum atomic E-state index is -0.679. The third-order valence-electron chi connectivity index (χ3n) is 2.26. The Bertz CT molecular complexity index is 579. The third-order valence-corrected chi connectivity index (χ3v) is 2.26. The van der Waals surface area contributed by atoms with Gasteiger partial charge in [-0.25, -0.2) is 4.79 Å². The summed E-state index contributed by atoms with van der Waals surface area (Å²) in [5, 5.41) is 19.1. The van der Waals surface area contributed by atoms with Crippen LogP contribution in [0.1, 0.15) is 5.76 Å². The van der Waals surface area contributed by atoms with Gasteiger partial charge in [0, 0.05) is 6.07 Å². The molecular weight excluding hydrogens is 214 g/mol. The van der Waals surface area contributed by atoms with Crippen molar-refractivity contribution in [1.82, 2.24) is 0 Å². The molecule has 84 valence electrons. The predicted octanol–water partition coefficient (Wildman–Crippen LogP) is 0.999. The van der Waals surface area contributed by atoms with E-state index in [1.165, 1.54) is 19.2 Å². The van der Waals surface area contributed by atoms with Crippen molar-refractivity contribution in [3.8, 4) is 11.5 Å². The van der Waals surface area contributed by atoms with E-state index in [1.54, 1.807) is 6.07 Å². The van der Waals surface area contributed by atoms with Crippen LogP contribution in [0.5, 0.6) is 11.5 Å². The van der Waals surface area contributed by atoms with Gasteiger partial charge in [-0.1, -0.05) is 0 Å². The fraction of sp³-hybridized carbons (Fsp3) is 0.182. The van der Waals surface area contributed by atoms with E-state index in [2.05, 4.69) is 0 Å². The molecule has 0 unspecified atom stereocenters. The van der Waals surface area contributed by atoms with Crippen LogP contribution < -0.4 is 10.4 Å². The van der Waals surface area contributed by atoms with Gasteiger partial charge in [0.2, 0.25) is 0 Å². The monoisotopic (exact) mass is 224 g/mol. The largest absolute Gasteiger partial charge is 0.507 e. The van der Waals surface area contributed by atoms with Gasteiger partial charge in [0.25, 0.3) is 0 Å². The Morgan fingerprint density at radius 2 is 2.12 bits per heavy atom. The number of aliphatic hydroxyl groups is 1. The minimum Gasteiger partial charge on any atom is -0.507 e. The second kappa shape index (κ2) is 3.86. The predicted molar refractivity (Wildman–Crippen MR) is 56.6 cm³/mol. The molecule has 2 rings (SSSR count). The topological polar surface area (TPSA) is 79.9 Å². The first kappa shape index (κ1) is 10.5. The number of aromatic hydroxyl groups is 1. The maximum atomic E-state index is 11.5. The van der Waals surface area contributed by atoms with Crippen LogP contribution >= 0.6 is 0 Å². The number of rotatable bonds is 2. The molecule has 1 aromatic heterocycles. The van der Waals surface area contributed by atoms with Crippen LogP contribution in [0.3, 0.4) is 0 Å². The van der Waals surface area contributed by atoms with Crippen molar-refractivity contribution >= 4 is 10.8 Å². The zero-order valence-corrected chi connectivity index (χ0v) is 8.56. The van der Waals surface area contributed by atoms with Gasteiger partial charge in [-0.2, -0.15) is 0 Å². The Labute approximate surface area is 90.5 Å². The van der Waals surface area contributed by atoms with E-state index in [4.69, 9.17) is 14.3 Å². The second-order valence-corrected chi connectivity index (χ2v) is 3.27. The molecule has 16 heavy (non-hydrogen) atoms. The molecule has 2 N–H and O–H groups in total. The van der Waals surface area contributed by atoms with Crippen LogP contribution in [0.25, 0.3) is 10.8 Å². The van der Waals surface area contributed by atoms with Gasteiger partial charge in [-0.3, -0.25) is 0 Å². The lowest BCUT2D eigenvalue weighted by atomic mass is 10.1. The summed E-state index contributed by atoms with van der Waals surface area (Å²) in [4.78, 5) is 11.5. The van der Waals surface area contributed by atoms with E-state index in [1.807, 2.05) is 0 Å². The number of ether oxygens (including phenoxy) is 1. The summed E-state index contributed by atoms with van der Waals surface area (Å²) in [6.45, 7) is -0.372. The van der Waals surface area contributed by atoms with E-state index >= 15 is 0 Å². The van der Waals surface area contributed by atoms with Gasteiger partial charge in [-0.15, -0.1) is 0 Å². The Hall–Kier alpha value is -2.01.